The zero-order valence-corrected chi connectivity index (χ0v) is 58.5. The smallest absolute Gasteiger partial charge is 0.106 e. The molecular weight excluding hydrogens is 1020 g/mol. The maximum absolute atomic E-state index is 12.1. The lowest BCUT2D eigenvalue weighted by Gasteiger charge is -2.48. The molecule has 0 amide bonds. The van der Waals surface area contributed by atoms with Gasteiger partial charge in [0.15, 0.2) is 0 Å². The van der Waals surface area contributed by atoms with Crippen molar-refractivity contribution in [1.82, 2.24) is 0 Å². The van der Waals surface area contributed by atoms with Crippen LogP contribution in [0.4, 0.5) is 0 Å². The number of aliphatic hydroxyl groups excluding tert-OH is 4. The average molecular weight is 1180 g/mol. The molecule has 0 radical (unpaired) electrons. The summed E-state index contributed by atoms with van der Waals surface area (Å²) in [6, 6.07) is 0. The molecule has 0 aromatic heterocycles. The number of hydrogen-bond acceptors (Lipinski definition) is 5. The van der Waals surface area contributed by atoms with Crippen molar-refractivity contribution in [2.75, 3.05) is 13.2 Å². The van der Waals surface area contributed by atoms with Crippen molar-refractivity contribution in [1.29, 1.82) is 0 Å². The van der Waals surface area contributed by atoms with E-state index in [1.807, 2.05) is 0 Å². The number of rotatable bonds is 70. The Balaban J connectivity index is 5.81. The Hall–Kier alpha value is -0.200. The number of aliphatic hydroxyl groups is 4. The molecule has 0 aliphatic carbocycles. The van der Waals surface area contributed by atoms with Gasteiger partial charge in [0.25, 0.3) is 0 Å². The van der Waals surface area contributed by atoms with Crippen LogP contribution >= 0.6 is 0 Å². The van der Waals surface area contributed by atoms with E-state index in [0.29, 0.717) is 25.7 Å². The Labute approximate surface area is 523 Å². The Morgan fingerprint density at radius 1 is 0.205 bits per heavy atom. The van der Waals surface area contributed by atoms with Crippen LogP contribution in [0.2, 0.25) is 0 Å². The number of ether oxygens (including phenoxy) is 1. The first-order chi connectivity index (χ1) is 40.3. The third-order valence-corrected chi connectivity index (χ3v) is 19.5. The van der Waals surface area contributed by atoms with Gasteiger partial charge >= 0.3 is 0 Å². The lowest BCUT2D eigenvalue weighted by atomic mass is 9.79. The van der Waals surface area contributed by atoms with Gasteiger partial charge in [-0.15, -0.1) is 0 Å². The van der Waals surface area contributed by atoms with Crippen molar-refractivity contribution in [3.8, 4) is 0 Å². The molecule has 0 aliphatic rings. The molecule has 2 unspecified atom stereocenters. The van der Waals surface area contributed by atoms with Gasteiger partial charge in [0, 0.05) is 0 Å². The Kier molecular flexibility index (Phi) is 61.9. The highest BCUT2D eigenvalue weighted by Crippen LogP contribution is 2.42. The lowest BCUT2D eigenvalue weighted by molar-refractivity contribution is -0.253. The van der Waals surface area contributed by atoms with Crippen LogP contribution in [-0.2, 0) is 4.74 Å². The third kappa shape index (κ3) is 54.5. The maximum Gasteiger partial charge on any atom is 0.106 e. The van der Waals surface area contributed by atoms with E-state index in [-0.39, 0.29) is 13.2 Å². The highest BCUT2D eigenvalue weighted by atomic mass is 16.6. The van der Waals surface area contributed by atoms with E-state index in [1.165, 1.54) is 308 Å². The van der Waals surface area contributed by atoms with E-state index >= 15 is 0 Å². The fourth-order valence-corrected chi connectivity index (χ4v) is 13.7. The van der Waals surface area contributed by atoms with E-state index in [9.17, 15) is 20.4 Å². The lowest BCUT2D eigenvalue weighted by Crippen LogP contribution is -2.58. The van der Waals surface area contributed by atoms with Crippen LogP contribution in [0.1, 0.15) is 441 Å². The van der Waals surface area contributed by atoms with Gasteiger partial charge in [-0.05, 0) is 49.4 Å². The van der Waals surface area contributed by atoms with E-state index < -0.39 is 23.4 Å². The molecule has 4 N–H and O–H groups in total. The van der Waals surface area contributed by atoms with Gasteiger partial charge in [0.1, 0.15) is 12.2 Å². The summed E-state index contributed by atoms with van der Waals surface area (Å²) in [5.74, 6) is 3.34. The molecule has 0 aromatic carbocycles. The molecule has 500 valence electrons. The SMILES string of the molecule is CC(C)CCCCCCCCCCCCCCCC(CCCCCCCCCCCCCCCC(C)C)(OC(CCCCCCCCCCCCCCCC(C)C)(CCCCCCCCCCCCCCCC(C)C)C(O)CO)C(O)CO. The molecular formula is C78H158O5. The van der Waals surface area contributed by atoms with Gasteiger partial charge in [-0.2, -0.15) is 0 Å². The first-order valence-corrected chi connectivity index (χ1v) is 38.6. The van der Waals surface area contributed by atoms with Crippen molar-refractivity contribution in [2.45, 2.75) is 464 Å². The Morgan fingerprint density at radius 3 is 0.446 bits per heavy atom. The summed E-state index contributed by atoms with van der Waals surface area (Å²) in [5, 5.41) is 46.2. The van der Waals surface area contributed by atoms with Crippen LogP contribution < -0.4 is 0 Å². The summed E-state index contributed by atoms with van der Waals surface area (Å²) in [6.07, 6.45) is 73.7. The normalized spacial score (nSPS) is 13.3. The summed E-state index contributed by atoms with van der Waals surface area (Å²) in [7, 11) is 0. The van der Waals surface area contributed by atoms with Gasteiger partial charge in [-0.3, -0.25) is 0 Å². The van der Waals surface area contributed by atoms with Gasteiger partial charge in [-0.1, -0.05) is 415 Å². The Morgan fingerprint density at radius 2 is 0.325 bits per heavy atom. The predicted octanol–water partition coefficient (Wildman–Crippen LogP) is 25.2. The molecule has 0 aromatic rings. The second-order valence-corrected chi connectivity index (χ2v) is 29.7. The van der Waals surface area contributed by atoms with Crippen LogP contribution in [-0.4, -0.2) is 57.0 Å². The molecule has 0 bridgehead atoms. The molecule has 0 rings (SSSR count). The highest BCUT2D eigenvalue weighted by molar-refractivity contribution is 4.97. The summed E-state index contributed by atoms with van der Waals surface area (Å²) < 4.78 is 7.61. The topological polar surface area (TPSA) is 90.2 Å². The summed E-state index contributed by atoms with van der Waals surface area (Å²) in [6.45, 7) is 18.1. The molecule has 5 nitrogen and oxygen atoms in total. The van der Waals surface area contributed by atoms with Crippen LogP contribution in [0, 0.1) is 23.7 Å². The molecule has 83 heavy (non-hydrogen) atoms. The summed E-state index contributed by atoms with van der Waals surface area (Å²) >= 11 is 0. The Bertz CT molecular complexity index is 1060. The van der Waals surface area contributed by atoms with Crippen LogP contribution in [0.3, 0.4) is 0 Å². The summed E-state index contributed by atoms with van der Waals surface area (Å²) in [5.41, 5.74) is -1.90. The maximum atomic E-state index is 12.1. The van der Waals surface area contributed by atoms with Gasteiger partial charge < -0.3 is 25.2 Å². The average Bonchev–Trinajstić information content (AvgIpc) is 3.67. The predicted molar refractivity (Wildman–Crippen MR) is 369 cm³/mol. The minimum atomic E-state index is -1.02. The molecule has 0 spiro atoms. The number of unbranched alkanes of at least 4 members (excludes halogenated alkanes) is 48. The standard InChI is InChI=1S/C78H158O5/c1-71(2)61-53-45-37-29-21-13-9-17-25-33-41-49-57-65-77(75(81)69-79,66-58-50-42-34-26-18-10-14-22-30-38-46-54-62-72(3)4)83-78(76(82)70-80,67-59-51-43-35-27-19-11-15-23-31-39-47-55-63-73(5)6)68-60-52-44-36-28-20-12-16-24-32-40-48-56-64-74(7)8/h71-76,79-82H,9-70H2,1-8H3. The molecule has 0 heterocycles. The molecule has 5 heteroatoms. The quantitative estimate of drug-likeness (QED) is 0.0456. The minimum absolute atomic E-state index is 0.336. The molecule has 0 fully saturated rings. The van der Waals surface area contributed by atoms with Gasteiger partial charge in [0.05, 0.1) is 24.4 Å². The largest absolute Gasteiger partial charge is 0.394 e. The van der Waals surface area contributed by atoms with E-state index in [0.717, 1.165) is 75.0 Å². The third-order valence-electron chi connectivity index (χ3n) is 19.5. The van der Waals surface area contributed by atoms with Crippen molar-refractivity contribution in [2.24, 2.45) is 23.7 Å². The first-order valence-electron chi connectivity index (χ1n) is 38.6. The number of hydrogen-bond donors (Lipinski definition) is 4. The van der Waals surface area contributed by atoms with E-state index in [4.69, 9.17) is 4.74 Å². The van der Waals surface area contributed by atoms with Gasteiger partial charge in [0.2, 0.25) is 0 Å². The van der Waals surface area contributed by atoms with Crippen LogP contribution in [0.25, 0.3) is 0 Å². The van der Waals surface area contributed by atoms with Gasteiger partial charge in [-0.25, -0.2) is 0 Å². The molecule has 0 saturated carbocycles. The summed E-state index contributed by atoms with van der Waals surface area (Å²) in [4.78, 5) is 0. The molecule has 2 atom stereocenters. The molecule has 0 saturated heterocycles. The highest BCUT2D eigenvalue weighted by Gasteiger charge is 2.48. The minimum Gasteiger partial charge on any atom is -0.394 e. The monoisotopic (exact) mass is 1180 g/mol. The first kappa shape index (κ1) is 82.8. The zero-order valence-electron chi connectivity index (χ0n) is 58.5. The van der Waals surface area contributed by atoms with Crippen molar-refractivity contribution in [3.05, 3.63) is 0 Å². The van der Waals surface area contributed by atoms with Crippen molar-refractivity contribution >= 4 is 0 Å². The second-order valence-electron chi connectivity index (χ2n) is 29.7. The zero-order chi connectivity index (χ0) is 61.0. The fraction of sp³-hybridized carbons (Fsp3) is 1.00. The van der Waals surface area contributed by atoms with E-state index in [2.05, 4.69) is 55.4 Å². The van der Waals surface area contributed by atoms with Crippen molar-refractivity contribution in [3.63, 3.8) is 0 Å². The molecule has 0 aliphatic heterocycles. The van der Waals surface area contributed by atoms with E-state index in [1.54, 1.807) is 0 Å². The van der Waals surface area contributed by atoms with Crippen LogP contribution in [0.15, 0.2) is 0 Å². The second kappa shape index (κ2) is 62.0. The fourth-order valence-electron chi connectivity index (χ4n) is 13.7. The van der Waals surface area contributed by atoms with Crippen LogP contribution in [0.5, 0.6) is 0 Å². The van der Waals surface area contributed by atoms with Crippen molar-refractivity contribution < 1.29 is 25.2 Å².